The Morgan fingerprint density at radius 2 is 1.17 bits per heavy atom. The molecule has 0 bridgehead atoms. The molecular weight excluding hydrogens is 794 g/mol. The molecule has 2 aromatic heterocycles. The number of hydrogen-bond donors (Lipinski definition) is 0. The molecule has 1 aliphatic heterocycles. The number of rotatable bonds is 9. The van der Waals surface area contributed by atoms with Gasteiger partial charge in [-0.15, -0.1) is 0 Å². The first-order chi connectivity index (χ1) is 22.7. The minimum atomic E-state index is -2.35. The molecule has 5 heteroatoms. The van der Waals surface area contributed by atoms with Crippen LogP contribution in [0.25, 0.3) is 21.9 Å². The van der Waals surface area contributed by atoms with Crippen molar-refractivity contribution in [3.05, 3.63) is 171 Å². The average Bonchev–Trinajstić information content (AvgIpc) is 3.89. The number of thiophene rings is 2. The van der Waals surface area contributed by atoms with Gasteiger partial charge in [-0.3, -0.25) is 0 Å². The second-order valence-corrected chi connectivity index (χ2v) is 17.0. The van der Waals surface area contributed by atoms with Crippen molar-refractivity contribution in [2.75, 3.05) is 13.2 Å². The first kappa shape index (κ1) is 32.5. The molecule has 1 fully saturated rings. The second kappa shape index (κ2) is 15.4. The fourth-order valence-electron chi connectivity index (χ4n) is 5.82. The predicted octanol–water partition coefficient (Wildman–Crippen LogP) is 10.2. The van der Waals surface area contributed by atoms with Crippen LogP contribution in [-0.2, 0) is 22.7 Å². The third-order valence-corrected chi connectivity index (χ3v) is 15.7. The van der Waals surface area contributed by atoms with Gasteiger partial charge in [-0.1, -0.05) is 6.08 Å². The van der Waals surface area contributed by atoms with Crippen LogP contribution in [0.3, 0.4) is 0 Å². The summed E-state index contributed by atoms with van der Waals surface area (Å²) in [5.74, 6) is 0. The first-order valence-corrected chi connectivity index (χ1v) is 20.0. The SMILES string of the molecule is CC=C1COCC1=CC(/C=C/c1ccc(-c2ccc(/C=C/C)s2)s1)=C([C]#[Os])[P+](c1ccccc1)(c1ccccc1)c1ccccc1. The molecule has 46 heavy (non-hydrogen) atoms. The number of hydrogen-bond acceptors (Lipinski definition) is 3. The van der Waals surface area contributed by atoms with Crippen molar-refractivity contribution in [1.82, 2.24) is 0 Å². The zero-order valence-electron chi connectivity index (χ0n) is 25.9. The quantitative estimate of drug-likeness (QED) is 0.106. The molecule has 0 radical (unpaired) electrons. The molecule has 1 aliphatic rings. The molecule has 3 aromatic carbocycles. The van der Waals surface area contributed by atoms with Crippen LogP contribution in [0.5, 0.6) is 0 Å². The Morgan fingerprint density at radius 3 is 1.65 bits per heavy atom. The van der Waals surface area contributed by atoms with E-state index in [0.717, 1.165) is 0 Å². The average molecular weight is 829 g/mol. The maximum absolute atomic E-state index is 5.95. The van der Waals surface area contributed by atoms with Gasteiger partial charge in [0, 0.05) is 0 Å². The van der Waals surface area contributed by atoms with E-state index in [2.05, 4.69) is 170 Å². The summed E-state index contributed by atoms with van der Waals surface area (Å²) < 4.78 is 9.78. The molecular formula is C41H35OOsPS2+. The van der Waals surface area contributed by atoms with Gasteiger partial charge in [0.25, 0.3) is 0 Å². The topological polar surface area (TPSA) is 9.23 Å². The van der Waals surface area contributed by atoms with Crippen LogP contribution in [0.4, 0.5) is 0 Å². The molecule has 0 aliphatic carbocycles. The van der Waals surface area contributed by atoms with Crippen molar-refractivity contribution in [3.8, 4) is 14.1 Å². The van der Waals surface area contributed by atoms with Gasteiger partial charge in [-0.2, -0.15) is 0 Å². The Kier molecular flexibility index (Phi) is 10.9. The molecule has 229 valence electrons. The molecule has 0 atom stereocenters. The van der Waals surface area contributed by atoms with Crippen LogP contribution >= 0.6 is 29.9 Å². The van der Waals surface area contributed by atoms with Crippen molar-refractivity contribution >= 4 is 58.0 Å². The Balaban J connectivity index is 1.60. The summed E-state index contributed by atoms with van der Waals surface area (Å²) in [6, 6.07) is 42.0. The minimum absolute atomic E-state index is 0.611. The molecule has 5 aromatic rings. The normalized spacial score (nSPS) is 16.0. The van der Waals surface area contributed by atoms with Crippen LogP contribution in [0, 0.1) is 4.37 Å². The Hall–Kier alpha value is -3.43. The fraction of sp³-hybridized carbons (Fsp3) is 0.0976. The predicted molar refractivity (Wildman–Crippen MR) is 200 cm³/mol. The summed E-state index contributed by atoms with van der Waals surface area (Å²) in [4.78, 5) is 5.10. The van der Waals surface area contributed by atoms with Crippen molar-refractivity contribution in [2.45, 2.75) is 13.8 Å². The summed E-state index contributed by atoms with van der Waals surface area (Å²) in [5.41, 5.74) is 3.65. The van der Waals surface area contributed by atoms with Crippen LogP contribution in [-0.4, -0.2) is 13.2 Å². The van der Waals surface area contributed by atoms with Gasteiger partial charge >= 0.3 is 280 Å². The molecule has 6 rings (SSSR count). The standard InChI is InChI=1S/C41H35OPS2.Os/c1-4-15-38-24-26-40(44-38)41-27-25-39(45-41)23-22-33(28-34-30-42-29-32(34)5-2)31(3)43(35-16-9-6-10-17-35,36-18-11-7-12-19-36)37-20-13-8-14-21-37;/h4-28H,29-30H2,1-2H3;/q+1;/b15-4+,23-22+,32-5?,33-31?,34-28?;. The molecule has 0 unspecified atom stereocenters. The van der Waals surface area contributed by atoms with E-state index in [-0.39, 0.29) is 0 Å². The fourth-order valence-corrected chi connectivity index (χ4v) is 13.6. The van der Waals surface area contributed by atoms with Crippen LogP contribution in [0.1, 0.15) is 23.6 Å². The Labute approximate surface area is 291 Å². The Bertz CT molecular complexity index is 1890. The van der Waals surface area contributed by atoms with E-state index in [1.165, 1.54) is 57.5 Å². The third-order valence-electron chi connectivity index (χ3n) is 7.98. The van der Waals surface area contributed by atoms with Gasteiger partial charge in [0.2, 0.25) is 0 Å². The van der Waals surface area contributed by atoms with Gasteiger partial charge in [-0.05, 0) is 6.92 Å². The van der Waals surface area contributed by atoms with E-state index in [9.17, 15) is 0 Å². The van der Waals surface area contributed by atoms with Crippen molar-refractivity contribution < 1.29 is 22.7 Å². The van der Waals surface area contributed by atoms with E-state index in [0.29, 0.717) is 13.2 Å². The van der Waals surface area contributed by atoms with Crippen LogP contribution in [0.15, 0.2) is 162 Å². The van der Waals surface area contributed by atoms with Crippen LogP contribution < -0.4 is 15.9 Å². The van der Waals surface area contributed by atoms with Gasteiger partial charge in [0.05, 0.1) is 0 Å². The number of allylic oxidation sites excluding steroid dienone is 6. The van der Waals surface area contributed by atoms with Crippen molar-refractivity contribution in [1.29, 1.82) is 0 Å². The first-order valence-electron chi connectivity index (χ1n) is 15.3. The van der Waals surface area contributed by atoms with E-state index < -0.39 is 7.26 Å². The van der Waals surface area contributed by atoms with Crippen molar-refractivity contribution in [3.63, 3.8) is 0 Å². The van der Waals surface area contributed by atoms with E-state index >= 15 is 0 Å². The summed E-state index contributed by atoms with van der Waals surface area (Å²) >= 11 is 5.49. The monoisotopic (exact) mass is 830 g/mol. The van der Waals surface area contributed by atoms with E-state index in [1.807, 2.05) is 40.6 Å². The Morgan fingerprint density at radius 1 is 0.674 bits per heavy atom. The summed E-state index contributed by atoms with van der Waals surface area (Å²) in [6.45, 7) is 5.43. The molecule has 0 saturated carbocycles. The van der Waals surface area contributed by atoms with Gasteiger partial charge in [-0.25, -0.2) is 0 Å². The molecule has 0 amide bonds. The molecule has 3 heterocycles. The summed E-state index contributed by atoms with van der Waals surface area (Å²) in [6.07, 6.45) is 13.4. The molecule has 1 nitrogen and oxygen atoms in total. The number of benzene rings is 3. The van der Waals surface area contributed by atoms with E-state index in [1.54, 1.807) is 0 Å². The maximum atomic E-state index is 5.95. The summed E-state index contributed by atoms with van der Waals surface area (Å²) in [5, 5.41) is 5.17. The van der Waals surface area contributed by atoms with E-state index in [4.69, 9.17) is 4.74 Å². The summed E-state index contributed by atoms with van der Waals surface area (Å²) in [7, 11) is -2.35. The third kappa shape index (κ3) is 6.81. The molecule has 0 N–H and O–H groups in total. The number of ether oxygens (including phenoxy) is 1. The zero-order chi connectivity index (χ0) is 31.8. The van der Waals surface area contributed by atoms with Crippen molar-refractivity contribution in [2.24, 2.45) is 0 Å². The van der Waals surface area contributed by atoms with Gasteiger partial charge < -0.3 is 0 Å². The van der Waals surface area contributed by atoms with Gasteiger partial charge in [0.15, 0.2) is 0 Å². The van der Waals surface area contributed by atoms with Crippen LogP contribution in [0.2, 0.25) is 0 Å². The zero-order valence-corrected chi connectivity index (χ0v) is 30.9. The second-order valence-electron chi connectivity index (χ2n) is 10.8. The molecule has 0 spiro atoms. The van der Waals surface area contributed by atoms with Gasteiger partial charge in [0.1, 0.15) is 0 Å². The molecule has 1 saturated heterocycles.